The number of para-hydroxylation sites is 1. The summed E-state index contributed by atoms with van der Waals surface area (Å²) >= 11 is 0. The summed E-state index contributed by atoms with van der Waals surface area (Å²) < 4.78 is 10.3. The van der Waals surface area contributed by atoms with E-state index in [-0.39, 0.29) is 5.75 Å². The van der Waals surface area contributed by atoms with Crippen molar-refractivity contribution >= 4 is 5.96 Å². The largest absolute Gasteiger partial charge is 0.504 e. The van der Waals surface area contributed by atoms with Gasteiger partial charge in [-0.25, -0.2) is 4.99 Å². The summed E-state index contributed by atoms with van der Waals surface area (Å²) in [6, 6.07) is 5.89. The second-order valence-electron chi connectivity index (χ2n) is 6.77. The molecule has 1 aliphatic heterocycles. The van der Waals surface area contributed by atoms with Crippen LogP contribution in [0.1, 0.15) is 31.7 Å². The summed E-state index contributed by atoms with van der Waals surface area (Å²) in [7, 11) is 3.30. The van der Waals surface area contributed by atoms with Gasteiger partial charge in [0.1, 0.15) is 0 Å². The maximum absolute atomic E-state index is 10.2. The first-order valence-electron chi connectivity index (χ1n) is 9.78. The number of hydrogen-bond donors (Lipinski definition) is 3. The van der Waals surface area contributed by atoms with E-state index >= 15 is 0 Å². The Labute approximate surface area is 162 Å². The Bertz CT molecular complexity index is 587. The van der Waals surface area contributed by atoms with Gasteiger partial charge in [0, 0.05) is 51.5 Å². The highest BCUT2D eigenvalue weighted by Crippen LogP contribution is 2.29. The number of nitrogens with zero attached hydrogens (tertiary/aromatic N) is 2. The zero-order valence-electron chi connectivity index (χ0n) is 16.8. The summed E-state index contributed by atoms with van der Waals surface area (Å²) in [4.78, 5) is 7.14. The number of methoxy groups -OCH3 is 2. The molecule has 2 rings (SSSR count). The molecule has 1 aromatic carbocycles. The smallest absolute Gasteiger partial charge is 0.191 e. The SMILES string of the molecule is CCNC(=NCc1cccc(OC)c1O)NC1CCN(CCCOC)CC1. The molecule has 0 atom stereocenters. The minimum absolute atomic E-state index is 0.156. The molecule has 0 aliphatic carbocycles. The topological polar surface area (TPSA) is 78.4 Å². The van der Waals surface area contributed by atoms with Gasteiger partial charge < -0.3 is 30.1 Å². The molecule has 1 aliphatic rings. The van der Waals surface area contributed by atoms with Crippen LogP contribution in [0.25, 0.3) is 0 Å². The van der Waals surface area contributed by atoms with Crippen LogP contribution in [0.5, 0.6) is 11.5 Å². The standard InChI is InChI=1S/C20H34N4O3/c1-4-21-20(22-15-16-7-5-8-18(27-3)19(16)25)23-17-9-12-24(13-10-17)11-6-14-26-2/h5,7-8,17,25H,4,6,9-15H2,1-3H3,(H2,21,22,23). The minimum Gasteiger partial charge on any atom is -0.504 e. The van der Waals surface area contributed by atoms with E-state index in [2.05, 4.69) is 27.4 Å². The molecule has 0 aromatic heterocycles. The number of guanidine groups is 1. The lowest BCUT2D eigenvalue weighted by atomic mass is 10.1. The van der Waals surface area contributed by atoms with Gasteiger partial charge in [-0.2, -0.15) is 0 Å². The number of piperidine rings is 1. The number of aliphatic imine (C=N–C) groups is 1. The summed E-state index contributed by atoms with van der Waals surface area (Å²) in [5.41, 5.74) is 0.750. The van der Waals surface area contributed by atoms with Gasteiger partial charge in [0.15, 0.2) is 17.5 Å². The lowest BCUT2D eigenvalue weighted by Gasteiger charge is -2.33. The molecule has 1 aromatic rings. The highest BCUT2D eigenvalue weighted by molar-refractivity contribution is 5.80. The fourth-order valence-corrected chi connectivity index (χ4v) is 3.27. The average Bonchev–Trinajstić information content (AvgIpc) is 2.68. The van der Waals surface area contributed by atoms with Crippen LogP contribution in [0.4, 0.5) is 0 Å². The van der Waals surface area contributed by atoms with Crippen molar-refractivity contribution in [2.45, 2.75) is 38.8 Å². The van der Waals surface area contributed by atoms with Crippen LogP contribution >= 0.6 is 0 Å². The van der Waals surface area contributed by atoms with Crippen LogP contribution in [-0.2, 0) is 11.3 Å². The molecule has 27 heavy (non-hydrogen) atoms. The van der Waals surface area contributed by atoms with Crippen molar-refractivity contribution in [3.05, 3.63) is 23.8 Å². The van der Waals surface area contributed by atoms with E-state index in [1.54, 1.807) is 20.3 Å². The number of aromatic hydroxyl groups is 1. The van der Waals surface area contributed by atoms with Crippen molar-refractivity contribution in [2.24, 2.45) is 4.99 Å². The second-order valence-corrected chi connectivity index (χ2v) is 6.77. The van der Waals surface area contributed by atoms with Gasteiger partial charge in [0.05, 0.1) is 13.7 Å². The van der Waals surface area contributed by atoms with E-state index in [4.69, 9.17) is 9.47 Å². The quantitative estimate of drug-likeness (QED) is 0.346. The van der Waals surface area contributed by atoms with Crippen LogP contribution in [0.15, 0.2) is 23.2 Å². The predicted octanol–water partition coefficient (Wildman–Crippen LogP) is 1.96. The van der Waals surface area contributed by atoms with Gasteiger partial charge in [-0.1, -0.05) is 12.1 Å². The first-order valence-corrected chi connectivity index (χ1v) is 9.78. The lowest BCUT2D eigenvalue weighted by molar-refractivity contribution is 0.155. The number of hydrogen-bond acceptors (Lipinski definition) is 5. The minimum atomic E-state index is 0.156. The number of benzene rings is 1. The van der Waals surface area contributed by atoms with E-state index in [1.165, 1.54) is 0 Å². The molecule has 3 N–H and O–H groups in total. The molecule has 0 radical (unpaired) electrons. The Hall–Kier alpha value is -1.99. The molecule has 7 nitrogen and oxygen atoms in total. The van der Waals surface area contributed by atoms with Crippen molar-refractivity contribution in [2.75, 3.05) is 47.0 Å². The Morgan fingerprint density at radius 2 is 2.07 bits per heavy atom. The third-order valence-corrected chi connectivity index (χ3v) is 4.81. The molecule has 0 amide bonds. The van der Waals surface area contributed by atoms with Gasteiger partial charge in [-0.15, -0.1) is 0 Å². The van der Waals surface area contributed by atoms with E-state index in [0.717, 1.165) is 63.6 Å². The van der Waals surface area contributed by atoms with Gasteiger partial charge >= 0.3 is 0 Å². The van der Waals surface area contributed by atoms with Crippen molar-refractivity contribution in [1.82, 2.24) is 15.5 Å². The van der Waals surface area contributed by atoms with Crippen molar-refractivity contribution in [3.63, 3.8) is 0 Å². The third kappa shape index (κ3) is 6.92. The molecule has 152 valence electrons. The Kier molecular flexibility index (Phi) is 9.21. The molecule has 0 saturated carbocycles. The normalized spacial score (nSPS) is 16.3. The Morgan fingerprint density at radius 3 is 2.74 bits per heavy atom. The van der Waals surface area contributed by atoms with Crippen LogP contribution in [0, 0.1) is 0 Å². The third-order valence-electron chi connectivity index (χ3n) is 4.81. The summed E-state index contributed by atoms with van der Waals surface area (Å²) in [5, 5.41) is 17.1. The lowest BCUT2D eigenvalue weighted by Crippen LogP contribution is -2.48. The molecular formula is C20H34N4O3. The van der Waals surface area contributed by atoms with E-state index in [1.807, 2.05) is 12.1 Å². The van der Waals surface area contributed by atoms with Crippen LogP contribution < -0.4 is 15.4 Å². The van der Waals surface area contributed by atoms with Gasteiger partial charge in [-0.05, 0) is 32.3 Å². The number of rotatable bonds is 9. The number of nitrogens with one attached hydrogen (secondary N) is 2. The monoisotopic (exact) mass is 378 g/mol. The van der Waals surface area contributed by atoms with Crippen molar-refractivity contribution < 1.29 is 14.6 Å². The zero-order chi connectivity index (χ0) is 19.5. The van der Waals surface area contributed by atoms with Gasteiger partial charge in [0.2, 0.25) is 0 Å². The first kappa shape index (κ1) is 21.3. The average molecular weight is 379 g/mol. The van der Waals surface area contributed by atoms with Crippen molar-refractivity contribution in [1.29, 1.82) is 0 Å². The highest BCUT2D eigenvalue weighted by Gasteiger charge is 2.19. The highest BCUT2D eigenvalue weighted by atomic mass is 16.5. The first-order chi connectivity index (χ1) is 13.2. The van der Waals surface area contributed by atoms with Gasteiger partial charge in [-0.3, -0.25) is 0 Å². The molecule has 0 unspecified atom stereocenters. The second kappa shape index (κ2) is 11.7. The fraction of sp³-hybridized carbons (Fsp3) is 0.650. The van der Waals surface area contributed by atoms with Crippen molar-refractivity contribution in [3.8, 4) is 11.5 Å². The number of ether oxygens (including phenoxy) is 2. The predicted molar refractivity (Wildman–Crippen MR) is 109 cm³/mol. The maximum Gasteiger partial charge on any atom is 0.191 e. The molecule has 0 bridgehead atoms. The van der Waals surface area contributed by atoms with Crippen LogP contribution in [0.3, 0.4) is 0 Å². The maximum atomic E-state index is 10.2. The Morgan fingerprint density at radius 1 is 1.30 bits per heavy atom. The summed E-state index contributed by atoms with van der Waals surface area (Å²) in [6.07, 6.45) is 3.28. The summed E-state index contributed by atoms with van der Waals surface area (Å²) in [5.74, 6) is 1.42. The molecule has 0 spiro atoms. The van der Waals surface area contributed by atoms with E-state index < -0.39 is 0 Å². The molecule has 1 heterocycles. The van der Waals surface area contributed by atoms with Gasteiger partial charge in [0.25, 0.3) is 0 Å². The number of likely N-dealkylation sites (tertiary alicyclic amines) is 1. The number of phenolic OH excluding ortho intramolecular Hbond substituents is 1. The fourth-order valence-electron chi connectivity index (χ4n) is 3.27. The van der Waals surface area contributed by atoms with Crippen LogP contribution in [-0.4, -0.2) is 69.0 Å². The number of phenols is 1. The molecule has 1 fully saturated rings. The summed E-state index contributed by atoms with van der Waals surface area (Å²) in [6.45, 7) is 7.36. The van der Waals surface area contributed by atoms with E-state index in [0.29, 0.717) is 18.3 Å². The Balaban J connectivity index is 1.87. The van der Waals surface area contributed by atoms with Crippen LogP contribution in [0.2, 0.25) is 0 Å². The zero-order valence-corrected chi connectivity index (χ0v) is 16.8. The molecular weight excluding hydrogens is 344 g/mol. The van der Waals surface area contributed by atoms with E-state index in [9.17, 15) is 5.11 Å². The molecule has 7 heteroatoms. The molecule has 1 saturated heterocycles.